The van der Waals surface area contributed by atoms with Gasteiger partial charge in [0.1, 0.15) is 15.7 Å². The third kappa shape index (κ3) is 3.14. The molecule has 0 unspecified atom stereocenters. The second kappa shape index (κ2) is 6.36. The molecule has 0 aliphatic carbocycles. The molecular weight excluding hydrogens is 302 g/mol. The molecule has 3 aromatic rings. The molecule has 7 heteroatoms. The molecule has 0 aliphatic rings. The molecule has 3 rings (SSSR count). The number of hydrogen-bond acceptors (Lipinski definition) is 7. The second-order valence-corrected chi connectivity index (χ2v) is 6.59. The number of anilines is 2. The summed E-state index contributed by atoms with van der Waals surface area (Å²) in [5.74, 6) is 1.54. The number of nitrogens with one attached hydrogen (secondary N) is 2. The Kier molecular flexibility index (Phi) is 4.31. The molecule has 5 nitrogen and oxygen atoms in total. The zero-order chi connectivity index (χ0) is 14.7. The Morgan fingerprint density at radius 2 is 2.10 bits per heavy atom. The SMILES string of the molecule is CCNc1nc(NCc2ncc(CC)s2)c2ccsc2n1. The van der Waals surface area contributed by atoms with Crippen molar-refractivity contribution in [1.29, 1.82) is 0 Å². The molecule has 2 N–H and O–H groups in total. The van der Waals surface area contributed by atoms with E-state index >= 15 is 0 Å². The lowest BCUT2D eigenvalue weighted by atomic mass is 10.4. The van der Waals surface area contributed by atoms with Crippen LogP contribution in [0.5, 0.6) is 0 Å². The van der Waals surface area contributed by atoms with Crippen molar-refractivity contribution in [2.24, 2.45) is 0 Å². The van der Waals surface area contributed by atoms with E-state index in [0.717, 1.165) is 34.0 Å². The van der Waals surface area contributed by atoms with Gasteiger partial charge in [-0.1, -0.05) is 6.92 Å². The molecule has 0 bridgehead atoms. The predicted molar refractivity (Wildman–Crippen MR) is 90.4 cm³/mol. The summed E-state index contributed by atoms with van der Waals surface area (Å²) in [6.07, 6.45) is 2.98. The molecule has 0 saturated carbocycles. The number of fused-ring (bicyclic) bond motifs is 1. The minimum absolute atomic E-state index is 0.670. The fraction of sp³-hybridized carbons (Fsp3) is 0.357. The van der Waals surface area contributed by atoms with E-state index in [1.165, 1.54) is 4.88 Å². The number of thiophene rings is 1. The van der Waals surface area contributed by atoms with Crippen LogP contribution in [0.2, 0.25) is 0 Å². The van der Waals surface area contributed by atoms with E-state index in [9.17, 15) is 0 Å². The van der Waals surface area contributed by atoms with Gasteiger partial charge in [-0.3, -0.25) is 0 Å². The summed E-state index contributed by atoms with van der Waals surface area (Å²) in [7, 11) is 0. The van der Waals surface area contributed by atoms with Gasteiger partial charge in [0, 0.05) is 17.6 Å². The molecular formula is C14H17N5S2. The molecule has 0 aromatic carbocycles. The third-order valence-corrected chi connectivity index (χ3v) is 4.97. The van der Waals surface area contributed by atoms with Crippen LogP contribution in [0.15, 0.2) is 17.6 Å². The molecule has 0 saturated heterocycles. The molecule has 3 aromatic heterocycles. The zero-order valence-corrected chi connectivity index (χ0v) is 13.6. The number of nitrogens with zero attached hydrogens (tertiary/aromatic N) is 3. The fourth-order valence-electron chi connectivity index (χ4n) is 1.98. The Morgan fingerprint density at radius 1 is 1.19 bits per heavy atom. The second-order valence-electron chi connectivity index (χ2n) is 4.49. The van der Waals surface area contributed by atoms with Gasteiger partial charge in [-0.25, -0.2) is 9.97 Å². The van der Waals surface area contributed by atoms with Crippen LogP contribution in [-0.2, 0) is 13.0 Å². The molecule has 0 spiro atoms. The maximum atomic E-state index is 4.56. The molecule has 0 aliphatic heterocycles. The van der Waals surface area contributed by atoms with Crippen molar-refractivity contribution < 1.29 is 0 Å². The van der Waals surface area contributed by atoms with Crippen molar-refractivity contribution in [3.05, 3.63) is 27.5 Å². The minimum atomic E-state index is 0.670. The first-order chi connectivity index (χ1) is 10.3. The highest BCUT2D eigenvalue weighted by Crippen LogP contribution is 2.27. The van der Waals surface area contributed by atoms with Crippen LogP contribution in [0.1, 0.15) is 23.7 Å². The molecule has 0 fully saturated rings. The average molecular weight is 319 g/mol. The topological polar surface area (TPSA) is 62.7 Å². The van der Waals surface area contributed by atoms with Crippen molar-refractivity contribution in [1.82, 2.24) is 15.0 Å². The van der Waals surface area contributed by atoms with Gasteiger partial charge in [-0.05, 0) is 24.8 Å². The molecule has 0 amide bonds. The van der Waals surface area contributed by atoms with Crippen LogP contribution in [0.25, 0.3) is 10.2 Å². The summed E-state index contributed by atoms with van der Waals surface area (Å²) in [5.41, 5.74) is 0. The van der Waals surface area contributed by atoms with Crippen molar-refractivity contribution in [2.75, 3.05) is 17.2 Å². The summed E-state index contributed by atoms with van der Waals surface area (Å²) in [4.78, 5) is 15.8. The van der Waals surface area contributed by atoms with Crippen molar-refractivity contribution >= 4 is 44.7 Å². The van der Waals surface area contributed by atoms with Crippen LogP contribution in [-0.4, -0.2) is 21.5 Å². The van der Waals surface area contributed by atoms with E-state index in [4.69, 9.17) is 0 Å². The lowest BCUT2D eigenvalue weighted by Gasteiger charge is -2.08. The zero-order valence-electron chi connectivity index (χ0n) is 12.0. The first kappa shape index (κ1) is 14.2. The van der Waals surface area contributed by atoms with Crippen LogP contribution in [0.3, 0.4) is 0 Å². The third-order valence-electron chi connectivity index (χ3n) is 3.02. The standard InChI is InChI=1S/C14H17N5S2/c1-3-9-7-16-11(21-9)8-17-12-10-5-6-20-13(10)19-14(18-12)15-4-2/h5-7H,3-4,8H2,1-2H3,(H2,15,17,18,19). The van der Waals surface area contributed by atoms with E-state index in [-0.39, 0.29) is 0 Å². The predicted octanol–water partition coefficient (Wildman–Crippen LogP) is 3.75. The smallest absolute Gasteiger partial charge is 0.226 e. The number of rotatable bonds is 6. The van der Waals surface area contributed by atoms with Gasteiger partial charge < -0.3 is 10.6 Å². The molecule has 0 atom stereocenters. The Hall–Kier alpha value is -1.73. The largest absolute Gasteiger partial charge is 0.363 e. The van der Waals surface area contributed by atoms with E-state index in [1.807, 2.05) is 18.5 Å². The van der Waals surface area contributed by atoms with Crippen molar-refractivity contribution in [3.63, 3.8) is 0 Å². The Labute approximate surface area is 131 Å². The first-order valence-electron chi connectivity index (χ1n) is 6.96. The summed E-state index contributed by atoms with van der Waals surface area (Å²) in [6, 6.07) is 2.05. The minimum Gasteiger partial charge on any atom is -0.363 e. The van der Waals surface area contributed by atoms with E-state index in [1.54, 1.807) is 22.7 Å². The monoisotopic (exact) mass is 319 g/mol. The highest BCUT2D eigenvalue weighted by atomic mass is 32.1. The number of hydrogen-bond donors (Lipinski definition) is 2. The summed E-state index contributed by atoms with van der Waals surface area (Å²) in [5, 5.41) is 10.7. The van der Waals surface area contributed by atoms with Gasteiger partial charge in [0.2, 0.25) is 5.95 Å². The van der Waals surface area contributed by atoms with Crippen LogP contribution in [0, 0.1) is 0 Å². The van der Waals surface area contributed by atoms with E-state index < -0.39 is 0 Å². The Bertz CT molecular complexity index is 734. The maximum absolute atomic E-state index is 4.56. The highest BCUT2D eigenvalue weighted by molar-refractivity contribution is 7.16. The van der Waals surface area contributed by atoms with Crippen LogP contribution >= 0.6 is 22.7 Å². The van der Waals surface area contributed by atoms with Crippen molar-refractivity contribution in [2.45, 2.75) is 26.8 Å². The number of aryl methyl sites for hydroxylation is 1. The molecule has 0 radical (unpaired) electrons. The van der Waals surface area contributed by atoms with Crippen LogP contribution < -0.4 is 10.6 Å². The lowest BCUT2D eigenvalue weighted by molar-refractivity contribution is 1.06. The summed E-state index contributed by atoms with van der Waals surface area (Å²) < 4.78 is 0. The lowest BCUT2D eigenvalue weighted by Crippen LogP contribution is -2.06. The summed E-state index contributed by atoms with van der Waals surface area (Å²) in [6.45, 7) is 5.69. The maximum Gasteiger partial charge on any atom is 0.226 e. The normalized spacial score (nSPS) is 11.0. The quantitative estimate of drug-likeness (QED) is 0.724. The fourth-order valence-corrected chi connectivity index (χ4v) is 3.55. The van der Waals surface area contributed by atoms with E-state index in [2.05, 4.69) is 38.6 Å². The average Bonchev–Trinajstić information content (AvgIpc) is 3.13. The van der Waals surface area contributed by atoms with Gasteiger partial charge >= 0.3 is 0 Å². The van der Waals surface area contributed by atoms with E-state index in [0.29, 0.717) is 12.5 Å². The van der Waals surface area contributed by atoms with Crippen LogP contribution in [0.4, 0.5) is 11.8 Å². The van der Waals surface area contributed by atoms with Gasteiger partial charge in [0.05, 0.1) is 11.9 Å². The Balaban J connectivity index is 1.83. The Morgan fingerprint density at radius 3 is 2.86 bits per heavy atom. The van der Waals surface area contributed by atoms with Crippen molar-refractivity contribution in [3.8, 4) is 0 Å². The van der Waals surface area contributed by atoms with Gasteiger partial charge in [-0.2, -0.15) is 4.98 Å². The number of thiazole rings is 1. The molecule has 110 valence electrons. The highest BCUT2D eigenvalue weighted by Gasteiger charge is 2.09. The molecule has 3 heterocycles. The summed E-state index contributed by atoms with van der Waals surface area (Å²) >= 11 is 3.37. The van der Waals surface area contributed by atoms with Gasteiger partial charge in [-0.15, -0.1) is 22.7 Å². The molecule has 21 heavy (non-hydrogen) atoms. The van der Waals surface area contributed by atoms with Gasteiger partial charge in [0.25, 0.3) is 0 Å². The first-order valence-corrected chi connectivity index (χ1v) is 8.66. The van der Waals surface area contributed by atoms with Gasteiger partial charge in [0.15, 0.2) is 0 Å². The number of aromatic nitrogens is 3.